The highest BCUT2D eigenvalue weighted by Crippen LogP contribution is 2.08. The second-order valence-electron chi connectivity index (χ2n) is 4.14. The molecule has 2 rings (SSSR count). The second kappa shape index (κ2) is 5.46. The Morgan fingerprint density at radius 1 is 1.44 bits per heavy atom. The molecule has 5 nitrogen and oxygen atoms in total. The molecule has 2 aromatic rings. The van der Waals surface area contributed by atoms with Gasteiger partial charge in [0.25, 0.3) is 5.91 Å². The van der Waals surface area contributed by atoms with Crippen LogP contribution in [0.25, 0.3) is 0 Å². The number of benzene rings is 1. The Bertz CT molecular complexity index is 521. The number of amides is 1. The van der Waals surface area contributed by atoms with E-state index in [-0.39, 0.29) is 11.9 Å². The Balaban J connectivity index is 1.93. The highest BCUT2D eigenvalue weighted by Gasteiger charge is 2.12. The fraction of sp³-hybridized carbons (Fsp3) is 0.231. The van der Waals surface area contributed by atoms with E-state index in [2.05, 4.69) is 15.5 Å². The molecule has 0 fully saturated rings. The summed E-state index contributed by atoms with van der Waals surface area (Å²) >= 11 is 0. The molecule has 18 heavy (non-hydrogen) atoms. The molecule has 0 aliphatic heterocycles. The van der Waals surface area contributed by atoms with Crippen LogP contribution in [0.3, 0.4) is 0 Å². The molecule has 1 atom stereocenters. The highest BCUT2D eigenvalue weighted by molar-refractivity contribution is 5.94. The topological polar surface area (TPSA) is 83.8 Å². The predicted molar refractivity (Wildman–Crippen MR) is 69.0 cm³/mol. The number of carbonyl (C=O) groups excluding carboxylic acids is 1. The number of hydrogen-bond donors (Lipinski definition) is 3. The summed E-state index contributed by atoms with van der Waals surface area (Å²) in [6.07, 6.45) is 1.51. The third-order valence-electron chi connectivity index (χ3n) is 2.78. The predicted octanol–water partition coefficient (Wildman–Crippen LogP) is 1.15. The molecule has 0 spiro atoms. The first kappa shape index (κ1) is 12.3. The van der Waals surface area contributed by atoms with E-state index in [0.717, 1.165) is 11.3 Å². The minimum Gasteiger partial charge on any atom is -0.350 e. The van der Waals surface area contributed by atoms with Crippen molar-refractivity contribution in [3.63, 3.8) is 0 Å². The lowest BCUT2D eigenvalue weighted by molar-refractivity contribution is 0.0950. The van der Waals surface area contributed by atoms with Gasteiger partial charge in [0, 0.05) is 18.3 Å². The molecule has 0 saturated heterocycles. The van der Waals surface area contributed by atoms with E-state index in [9.17, 15) is 4.79 Å². The molecule has 1 unspecified atom stereocenters. The van der Waals surface area contributed by atoms with Crippen molar-refractivity contribution in [2.75, 3.05) is 6.54 Å². The highest BCUT2D eigenvalue weighted by atomic mass is 16.1. The molecule has 4 N–H and O–H groups in total. The van der Waals surface area contributed by atoms with E-state index >= 15 is 0 Å². The summed E-state index contributed by atoms with van der Waals surface area (Å²) in [5.74, 6) is -0.160. The molecule has 1 heterocycles. The minimum atomic E-state index is -0.206. The molecular weight excluding hydrogens is 228 g/mol. The summed E-state index contributed by atoms with van der Waals surface area (Å²) in [7, 11) is 0. The van der Waals surface area contributed by atoms with Gasteiger partial charge in [0.2, 0.25) is 0 Å². The summed E-state index contributed by atoms with van der Waals surface area (Å²) in [5.41, 5.74) is 8.30. The maximum Gasteiger partial charge on any atom is 0.254 e. The average molecular weight is 244 g/mol. The van der Waals surface area contributed by atoms with E-state index in [0.29, 0.717) is 12.1 Å². The van der Waals surface area contributed by atoms with E-state index in [1.54, 1.807) is 6.92 Å². The maximum absolute atomic E-state index is 11.8. The van der Waals surface area contributed by atoms with Crippen LogP contribution in [0.4, 0.5) is 0 Å². The van der Waals surface area contributed by atoms with Crippen molar-refractivity contribution in [3.05, 3.63) is 53.3 Å². The van der Waals surface area contributed by atoms with Crippen LogP contribution in [0, 0.1) is 6.92 Å². The number of aromatic amines is 1. The van der Waals surface area contributed by atoms with Crippen molar-refractivity contribution in [2.24, 2.45) is 5.73 Å². The Hall–Kier alpha value is -2.14. The lowest BCUT2D eigenvalue weighted by atomic mass is 10.1. The molecule has 0 radical (unpaired) electrons. The summed E-state index contributed by atoms with van der Waals surface area (Å²) in [5, 5.41) is 9.34. The minimum absolute atomic E-state index is 0.160. The summed E-state index contributed by atoms with van der Waals surface area (Å²) in [6.45, 7) is 2.20. The van der Waals surface area contributed by atoms with Gasteiger partial charge in [-0.3, -0.25) is 9.89 Å². The largest absolute Gasteiger partial charge is 0.350 e. The van der Waals surface area contributed by atoms with Gasteiger partial charge in [-0.2, -0.15) is 5.10 Å². The Labute approximate surface area is 105 Å². The zero-order valence-corrected chi connectivity index (χ0v) is 10.2. The van der Waals surface area contributed by atoms with Gasteiger partial charge in [-0.25, -0.2) is 0 Å². The van der Waals surface area contributed by atoms with Crippen molar-refractivity contribution < 1.29 is 4.79 Å². The van der Waals surface area contributed by atoms with Crippen LogP contribution in [0.5, 0.6) is 0 Å². The third kappa shape index (κ3) is 2.75. The van der Waals surface area contributed by atoms with Crippen molar-refractivity contribution in [1.82, 2.24) is 15.5 Å². The molecule has 5 heteroatoms. The molecule has 94 valence electrons. The first-order valence-electron chi connectivity index (χ1n) is 5.77. The summed E-state index contributed by atoms with van der Waals surface area (Å²) in [6, 6.07) is 9.47. The van der Waals surface area contributed by atoms with Gasteiger partial charge in [0.15, 0.2) is 0 Å². The number of aromatic nitrogens is 2. The zero-order chi connectivity index (χ0) is 13.0. The van der Waals surface area contributed by atoms with E-state index in [1.807, 2.05) is 30.3 Å². The summed E-state index contributed by atoms with van der Waals surface area (Å²) < 4.78 is 0. The molecular formula is C13H16N4O. The Morgan fingerprint density at radius 2 is 2.17 bits per heavy atom. The van der Waals surface area contributed by atoms with Gasteiger partial charge in [-0.15, -0.1) is 0 Å². The fourth-order valence-corrected chi connectivity index (χ4v) is 1.70. The van der Waals surface area contributed by atoms with Crippen LogP contribution < -0.4 is 11.1 Å². The van der Waals surface area contributed by atoms with Crippen molar-refractivity contribution in [3.8, 4) is 0 Å². The van der Waals surface area contributed by atoms with Crippen LogP contribution in [-0.2, 0) is 0 Å². The average Bonchev–Trinajstić information content (AvgIpc) is 2.83. The zero-order valence-electron chi connectivity index (χ0n) is 10.2. The molecule has 0 bridgehead atoms. The number of nitrogens with one attached hydrogen (secondary N) is 2. The van der Waals surface area contributed by atoms with Gasteiger partial charge in [-0.05, 0) is 12.5 Å². The molecule has 0 saturated carbocycles. The van der Waals surface area contributed by atoms with Gasteiger partial charge in [0.05, 0.1) is 11.8 Å². The van der Waals surface area contributed by atoms with E-state index < -0.39 is 0 Å². The van der Waals surface area contributed by atoms with Crippen LogP contribution >= 0.6 is 0 Å². The smallest absolute Gasteiger partial charge is 0.254 e. The Morgan fingerprint density at radius 3 is 2.78 bits per heavy atom. The monoisotopic (exact) mass is 244 g/mol. The number of H-pyrrole nitrogens is 1. The van der Waals surface area contributed by atoms with Crippen molar-refractivity contribution in [2.45, 2.75) is 13.0 Å². The number of rotatable bonds is 4. The van der Waals surface area contributed by atoms with E-state index in [1.165, 1.54) is 6.20 Å². The SMILES string of the molecule is Cc1[nH]ncc1C(=O)NCC(N)c1ccccc1. The number of carbonyl (C=O) groups is 1. The fourth-order valence-electron chi connectivity index (χ4n) is 1.70. The second-order valence-corrected chi connectivity index (χ2v) is 4.14. The molecule has 1 aromatic carbocycles. The maximum atomic E-state index is 11.8. The van der Waals surface area contributed by atoms with Gasteiger partial charge >= 0.3 is 0 Å². The normalized spacial score (nSPS) is 12.1. The Kier molecular flexibility index (Phi) is 3.74. The molecule has 0 aliphatic rings. The lowest BCUT2D eigenvalue weighted by Gasteiger charge is -2.12. The van der Waals surface area contributed by atoms with Crippen LogP contribution in [0.15, 0.2) is 36.5 Å². The number of aryl methyl sites for hydroxylation is 1. The molecule has 1 amide bonds. The van der Waals surface area contributed by atoms with Crippen LogP contribution in [0.1, 0.15) is 27.7 Å². The quantitative estimate of drug-likeness (QED) is 0.754. The van der Waals surface area contributed by atoms with Gasteiger partial charge < -0.3 is 11.1 Å². The first-order chi connectivity index (χ1) is 8.68. The van der Waals surface area contributed by atoms with E-state index in [4.69, 9.17) is 5.73 Å². The lowest BCUT2D eigenvalue weighted by Crippen LogP contribution is -2.32. The van der Waals surface area contributed by atoms with Crippen molar-refractivity contribution >= 4 is 5.91 Å². The number of nitrogens with zero attached hydrogens (tertiary/aromatic N) is 1. The number of hydrogen-bond acceptors (Lipinski definition) is 3. The van der Waals surface area contributed by atoms with Crippen molar-refractivity contribution in [1.29, 1.82) is 0 Å². The molecule has 1 aromatic heterocycles. The summed E-state index contributed by atoms with van der Waals surface area (Å²) in [4.78, 5) is 11.8. The molecule has 0 aliphatic carbocycles. The van der Waals surface area contributed by atoms with Crippen LogP contribution in [0.2, 0.25) is 0 Å². The third-order valence-corrected chi connectivity index (χ3v) is 2.78. The first-order valence-corrected chi connectivity index (χ1v) is 5.77. The van der Waals surface area contributed by atoms with Crippen LogP contribution in [-0.4, -0.2) is 22.6 Å². The standard InChI is InChI=1S/C13H16N4O/c1-9-11(7-16-17-9)13(18)15-8-12(14)10-5-3-2-4-6-10/h2-7,12H,8,14H2,1H3,(H,15,18)(H,16,17). The van der Waals surface area contributed by atoms with Gasteiger partial charge in [-0.1, -0.05) is 30.3 Å². The van der Waals surface area contributed by atoms with Gasteiger partial charge in [0.1, 0.15) is 0 Å². The number of nitrogens with two attached hydrogens (primary N) is 1.